The summed E-state index contributed by atoms with van der Waals surface area (Å²) < 4.78 is 7.56. The Morgan fingerprint density at radius 1 is 1.43 bits per heavy atom. The fraction of sp³-hybridized carbons (Fsp3) is 0.800. The first-order valence-corrected chi connectivity index (χ1v) is 8.82. The molecule has 0 aliphatic carbocycles. The molecule has 2 aliphatic heterocycles. The molecule has 2 aliphatic rings. The lowest BCUT2D eigenvalue weighted by atomic mass is 10.0. The molecule has 0 spiro atoms. The summed E-state index contributed by atoms with van der Waals surface area (Å²) >= 11 is 2.06. The molecule has 0 radical (unpaired) electrons. The van der Waals surface area contributed by atoms with Gasteiger partial charge in [0.25, 0.3) is 0 Å². The highest BCUT2D eigenvalue weighted by atomic mass is 32.2. The number of nitrogens with zero attached hydrogens (tertiary/aromatic N) is 3. The summed E-state index contributed by atoms with van der Waals surface area (Å²) in [6.45, 7) is 8.84. The third kappa shape index (κ3) is 3.13. The number of aromatic nitrogens is 2. The van der Waals surface area contributed by atoms with E-state index in [-0.39, 0.29) is 6.61 Å². The molecule has 118 valence electrons. The van der Waals surface area contributed by atoms with Crippen LogP contribution in [0, 0.1) is 13.8 Å². The quantitative estimate of drug-likeness (QED) is 0.905. The Morgan fingerprint density at radius 2 is 2.29 bits per heavy atom. The molecule has 1 aromatic heterocycles. The van der Waals surface area contributed by atoms with Gasteiger partial charge < -0.3 is 9.84 Å². The molecular formula is C15H25N3O2S. The molecule has 0 bridgehead atoms. The lowest BCUT2D eigenvalue weighted by Crippen LogP contribution is -2.51. The second kappa shape index (κ2) is 6.69. The number of aryl methyl sites for hydroxylation is 1. The minimum Gasteiger partial charge on any atom is -0.394 e. The van der Waals surface area contributed by atoms with E-state index in [1.807, 2.05) is 4.68 Å². The van der Waals surface area contributed by atoms with Gasteiger partial charge in [-0.3, -0.25) is 9.58 Å². The molecular weight excluding hydrogens is 286 g/mol. The number of aliphatic hydroxyl groups is 1. The van der Waals surface area contributed by atoms with Crippen LogP contribution in [0.25, 0.3) is 0 Å². The van der Waals surface area contributed by atoms with Crippen molar-refractivity contribution in [2.45, 2.75) is 44.6 Å². The second-order valence-electron chi connectivity index (χ2n) is 5.91. The van der Waals surface area contributed by atoms with Gasteiger partial charge in [-0.2, -0.15) is 16.9 Å². The SMILES string of the molecule is Cc1nn(CCO)c(C)c1CN1CCSC2COCCC21. The second-order valence-corrected chi connectivity index (χ2v) is 7.25. The lowest BCUT2D eigenvalue weighted by molar-refractivity contribution is 0.0350. The number of hydrogen-bond donors (Lipinski definition) is 1. The van der Waals surface area contributed by atoms with E-state index in [4.69, 9.17) is 9.84 Å². The Balaban J connectivity index is 1.76. The molecule has 0 aromatic carbocycles. The molecule has 5 nitrogen and oxygen atoms in total. The highest BCUT2D eigenvalue weighted by Crippen LogP contribution is 2.31. The molecule has 6 heteroatoms. The molecule has 0 amide bonds. The normalized spacial score (nSPS) is 26.8. The van der Waals surface area contributed by atoms with E-state index in [2.05, 4.69) is 35.6 Å². The van der Waals surface area contributed by atoms with Crippen LogP contribution in [0.2, 0.25) is 0 Å². The minimum absolute atomic E-state index is 0.143. The standard InChI is InChI=1S/C15H25N3O2S/c1-11-13(12(2)18(16-11)4-6-19)9-17-5-8-21-15-10-20-7-3-14(15)17/h14-15,19H,3-10H2,1-2H3. The van der Waals surface area contributed by atoms with E-state index >= 15 is 0 Å². The van der Waals surface area contributed by atoms with E-state index < -0.39 is 0 Å². The molecule has 2 unspecified atom stereocenters. The monoisotopic (exact) mass is 311 g/mol. The Kier molecular flexibility index (Phi) is 4.88. The fourth-order valence-corrected chi connectivity index (χ4v) is 4.80. The van der Waals surface area contributed by atoms with Crippen molar-refractivity contribution in [3.05, 3.63) is 17.0 Å². The molecule has 2 atom stereocenters. The molecule has 1 aromatic rings. The van der Waals surface area contributed by atoms with Crippen LogP contribution in [0.3, 0.4) is 0 Å². The van der Waals surface area contributed by atoms with E-state index in [0.717, 1.165) is 38.4 Å². The maximum Gasteiger partial charge on any atom is 0.0644 e. The van der Waals surface area contributed by atoms with Crippen LogP contribution in [0.1, 0.15) is 23.4 Å². The Labute approximate surface area is 130 Å². The Hall–Kier alpha value is -0.560. The summed E-state index contributed by atoms with van der Waals surface area (Å²) in [5, 5.41) is 14.3. The average Bonchev–Trinajstić information content (AvgIpc) is 2.76. The molecule has 3 rings (SSSR count). The summed E-state index contributed by atoms with van der Waals surface area (Å²) in [4.78, 5) is 2.62. The first-order valence-electron chi connectivity index (χ1n) is 7.78. The fourth-order valence-electron chi connectivity index (χ4n) is 3.44. The van der Waals surface area contributed by atoms with E-state index in [9.17, 15) is 0 Å². The van der Waals surface area contributed by atoms with E-state index in [1.165, 1.54) is 17.0 Å². The van der Waals surface area contributed by atoms with Crippen molar-refractivity contribution in [3.63, 3.8) is 0 Å². The van der Waals surface area contributed by atoms with Gasteiger partial charge in [0.2, 0.25) is 0 Å². The van der Waals surface area contributed by atoms with Crippen molar-refractivity contribution >= 4 is 11.8 Å². The molecule has 2 fully saturated rings. The predicted molar refractivity (Wildman–Crippen MR) is 84.7 cm³/mol. The van der Waals surface area contributed by atoms with Crippen LogP contribution in [-0.4, -0.2) is 63.2 Å². The van der Waals surface area contributed by atoms with Crippen LogP contribution in [0.15, 0.2) is 0 Å². The van der Waals surface area contributed by atoms with Gasteiger partial charge >= 0.3 is 0 Å². The van der Waals surface area contributed by atoms with Crippen molar-refractivity contribution < 1.29 is 9.84 Å². The summed E-state index contributed by atoms with van der Waals surface area (Å²) in [6, 6.07) is 0.637. The zero-order valence-electron chi connectivity index (χ0n) is 12.9. The van der Waals surface area contributed by atoms with E-state index in [0.29, 0.717) is 17.8 Å². The molecule has 0 saturated carbocycles. The van der Waals surface area contributed by atoms with Crippen molar-refractivity contribution in [3.8, 4) is 0 Å². The maximum atomic E-state index is 9.13. The highest BCUT2D eigenvalue weighted by Gasteiger charge is 2.35. The summed E-state index contributed by atoms with van der Waals surface area (Å²) in [7, 11) is 0. The minimum atomic E-state index is 0.143. The lowest BCUT2D eigenvalue weighted by Gasteiger charge is -2.43. The van der Waals surface area contributed by atoms with Gasteiger partial charge in [0.15, 0.2) is 0 Å². The number of thioether (sulfide) groups is 1. The van der Waals surface area contributed by atoms with Gasteiger partial charge in [-0.05, 0) is 20.3 Å². The third-order valence-electron chi connectivity index (χ3n) is 4.65. The zero-order valence-corrected chi connectivity index (χ0v) is 13.7. The number of fused-ring (bicyclic) bond motifs is 1. The van der Waals surface area contributed by atoms with Crippen LogP contribution in [0.4, 0.5) is 0 Å². The van der Waals surface area contributed by atoms with Crippen LogP contribution in [0.5, 0.6) is 0 Å². The summed E-state index contributed by atoms with van der Waals surface area (Å²) in [5.74, 6) is 1.19. The van der Waals surface area contributed by atoms with Gasteiger partial charge in [-0.25, -0.2) is 0 Å². The van der Waals surface area contributed by atoms with Crippen LogP contribution in [-0.2, 0) is 17.8 Å². The smallest absolute Gasteiger partial charge is 0.0644 e. The number of aliphatic hydroxyl groups excluding tert-OH is 1. The van der Waals surface area contributed by atoms with Crippen molar-refractivity contribution in [1.82, 2.24) is 14.7 Å². The largest absolute Gasteiger partial charge is 0.394 e. The first-order chi connectivity index (χ1) is 10.2. The number of rotatable bonds is 4. The van der Waals surface area contributed by atoms with Crippen molar-refractivity contribution in [1.29, 1.82) is 0 Å². The Morgan fingerprint density at radius 3 is 3.10 bits per heavy atom. The van der Waals surface area contributed by atoms with Gasteiger partial charge in [-0.15, -0.1) is 0 Å². The molecule has 1 N–H and O–H groups in total. The van der Waals surface area contributed by atoms with Crippen molar-refractivity contribution in [2.75, 3.05) is 32.1 Å². The summed E-state index contributed by atoms with van der Waals surface area (Å²) in [5.41, 5.74) is 3.63. The summed E-state index contributed by atoms with van der Waals surface area (Å²) in [6.07, 6.45) is 1.14. The topological polar surface area (TPSA) is 50.5 Å². The Bertz CT molecular complexity index is 490. The maximum absolute atomic E-state index is 9.13. The zero-order chi connectivity index (χ0) is 14.8. The van der Waals surface area contributed by atoms with Gasteiger partial charge in [0.1, 0.15) is 0 Å². The van der Waals surface area contributed by atoms with Crippen LogP contribution >= 0.6 is 11.8 Å². The van der Waals surface area contributed by atoms with Crippen molar-refractivity contribution in [2.24, 2.45) is 0 Å². The molecule has 3 heterocycles. The molecule has 21 heavy (non-hydrogen) atoms. The predicted octanol–water partition coefficient (Wildman–Crippen LogP) is 1.20. The van der Waals surface area contributed by atoms with Gasteiger partial charge in [-0.1, -0.05) is 0 Å². The van der Waals surface area contributed by atoms with E-state index in [1.54, 1.807) is 0 Å². The first kappa shape index (κ1) is 15.3. The highest BCUT2D eigenvalue weighted by molar-refractivity contribution is 8.00. The average molecular weight is 311 g/mol. The number of hydrogen-bond acceptors (Lipinski definition) is 5. The van der Waals surface area contributed by atoms with Gasteiger partial charge in [0.05, 0.1) is 25.5 Å². The van der Waals surface area contributed by atoms with Crippen LogP contribution < -0.4 is 0 Å². The molecule has 2 saturated heterocycles. The van der Waals surface area contributed by atoms with Gasteiger partial charge in [0, 0.05) is 48.0 Å². The third-order valence-corrected chi connectivity index (χ3v) is 5.95. The number of ether oxygens (including phenoxy) is 1.